The molecule has 3 rings (SSSR count). The van der Waals surface area contributed by atoms with Gasteiger partial charge in [-0.1, -0.05) is 17.3 Å². The van der Waals surface area contributed by atoms with Gasteiger partial charge in [0.05, 0.1) is 29.9 Å². The van der Waals surface area contributed by atoms with Gasteiger partial charge in [0.15, 0.2) is 0 Å². The Labute approximate surface area is 166 Å². The van der Waals surface area contributed by atoms with E-state index in [2.05, 4.69) is 22.0 Å². The van der Waals surface area contributed by atoms with Crippen molar-refractivity contribution in [3.05, 3.63) is 65.9 Å². The van der Waals surface area contributed by atoms with E-state index in [1.165, 1.54) is 21.7 Å². The van der Waals surface area contributed by atoms with Crippen LogP contribution in [-0.2, 0) is 16.6 Å². The molecule has 2 heterocycles. The van der Waals surface area contributed by atoms with Crippen molar-refractivity contribution in [3.8, 4) is 10.7 Å². The van der Waals surface area contributed by atoms with Crippen LogP contribution in [0, 0.1) is 0 Å². The normalized spacial score (nSPS) is 11.2. The molecule has 0 fully saturated rings. The lowest BCUT2D eigenvalue weighted by Gasteiger charge is -2.20. The minimum absolute atomic E-state index is 0.0882. The summed E-state index contributed by atoms with van der Waals surface area (Å²) in [5.74, 6) is 0.436. The molecular formula is C18H18N4O4S2. The third kappa shape index (κ3) is 4.65. The number of anilines is 1. The van der Waals surface area contributed by atoms with Crippen LogP contribution in [0.1, 0.15) is 16.2 Å². The summed E-state index contributed by atoms with van der Waals surface area (Å²) in [6.07, 6.45) is 2.61. The molecule has 1 aromatic carbocycles. The minimum Gasteiger partial charge on any atom is -0.343 e. The van der Waals surface area contributed by atoms with Crippen molar-refractivity contribution in [2.45, 2.75) is 6.54 Å². The van der Waals surface area contributed by atoms with Crippen molar-refractivity contribution in [2.24, 2.45) is 0 Å². The van der Waals surface area contributed by atoms with Crippen LogP contribution < -0.4 is 9.62 Å². The SMILES string of the molecule is C=CCN(c1ccc(C(=O)NCc2nc(-c3cccs3)no2)cc1)S(C)(=O)=O. The molecule has 3 aromatic rings. The lowest BCUT2D eigenvalue weighted by molar-refractivity contribution is 0.0946. The number of hydrogen-bond acceptors (Lipinski definition) is 7. The van der Waals surface area contributed by atoms with Gasteiger partial charge in [-0.3, -0.25) is 9.10 Å². The smallest absolute Gasteiger partial charge is 0.251 e. The van der Waals surface area contributed by atoms with E-state index < -0.39 is 10.0 Å². The van der Waals surface area contributed by atoms with Crippen molar-refractivity contribution in [3.63, 3.8) is 0 Å². The number of nitrogens with zero attached hydrogens (tertiary/aromatic N) is 3. The summed E-state index contributed by atoms with van der Waals surface area (Å²) in [6, 6.07) is 10.0. The molecule has 0 aliphatic carbocycles. The molecular weight excluding hydrogens is 400 g/mol. The predicted octanol–water partition coefficient (Wildman–Crippen LogP) is 2.68. The maximum Gasteiger partial charge on any atom is 0.251 e. The Morgan fingerprint density at radius 2 is 2.07 bits per heavy atom. The predicted molar refractivity (Wildman–Crippen MR) is 108 cm³/mol. The lowest BCUT2D eigenvalue weighted by atomic mass is 10.2. The summed E-state index contributed by atoms with van der Waals surface area (Å²) in [7, 11) is -3.44. The van der Waals surface area contributed by atoms with E-state index in [1.54, 1.807) is 24.3 Å². The van der Waals surface area contributed by atoms with Gasteiger partial charge in [-0.2, -0.15) is 4.98 Å². The first kappa shape index (κ1) is 19.8. The minimum atomic E-state index is -3.44. The van der Waals surface area contributed by atoms with Gasteiger partial charge in [-0.15, -0.1) is 17.9 Å². The first-order valence-corrected chi connectivity index (χ1v) is 10.9. The van der Waals surface area contributed by atoms with Crippen molar-refractivity contribution in [2.75, 3.05) is 17.1 Å². The Balaban J connectivity index is 1.64. The standard InChI is InChI=1S/C18H18N4O4S2/c1-3-10-22(28(2,24)25)14-8-6-13(7-9-14)18(23)19-12-16-20-17(21-26-16)15-5-4-11-27-15/h3-9,11H,1,10,12H2,2H3,(H,19,23). The van der Waals surface area contributed by atoms with E-state index in [0.29, 0.717) is 23.0 Å². The fourth-order valence-corrected chi connectivity index (χ4v) is 3.95. The third-order valence-corrected chi connectivity index (χ3v) is 5.75. The molecule has 1 amide bonds. The summed E-state index contributed by atoms with van der Waals surface area (Å²) in [5.41, 5.74) is 0.838. The Bertz CT molecular complexity index is 1060. The van der Waals surface area contributed by atoms with Gasteiger partial charge in [0.25, 0.3) is 5.91 Å². The molecule has 10 heteroatoms. The van der Waals surface area contributed by atoms with E-state index >= 15 is 0 Å². The van der Waals surface area contributed by atoms with Crippen molar-refractivity contribution >= 4 is 33.0 Å². The number of rotatable bonds is 8. The maximum atomic E-state index is 12.3. The molecule has 0 aliphatic heterocycles. The molecule has 0 radical (unpaired) electrons. The molecule has 146 valence electrons. The van der Waals surface area contributed by atoms with Gasteiger partial charge in [0.1, 0.15) is 0 Å². The molecule has 2 aromatic heterocycles. The summed E-state index contributed by atoms with van der Waals surface area (Å²) in [4.78, 5) is 17.4. The van der Waals surface area contributed by atoms with Crippen LogP contribution >= 0.6 is 11.3 Å². The fraction of sp³-hybridized carbons (Fsp3) is 0.167. The van der Waals surface area contributed by atoms with Crippen molar-refractivity contribution < 1.29 is 17.7 Å². The first-order chi connectivity index (χ1) is 13.4. The van der Waals surface area contributed by atoms with Crippen LogP contribution in [0.3, 0.4) is 0 Å². The zero-order valence-corrected chi connectivity index (χ0v) is 16.7. The van der Waals surface area contributed by atoms with Crippen LogP contribution in [0.5, 0.6) is 0 Å². The first-order valence-electron chi connectivity index (χ1n) is 8.22. The molecule has 0 atom stereocenters. The molecule has 0 bridgehead atoms. The van der Waals surface area contributed by atoms with Gasteiger partial charge in [0.2, 0.25) is 21.7 Å². The average Bonchev–Trinajstić information content (AvgIpc) is 3.35. The maximum absolute atomic E-state index is 12.3. The number of hydrogen-bond donors (Lipinski definition) is 1. The number of carbonyl (C=O) groups excluding carboxylic acids is 1. The highest BCUT2D eigenvalue weighted by atomic mass is 32.2. The fourth-order valence-electron chi connectivity index (χ4n) is 2.42. The number of amides is 1. The molecule has 8 nitrogen and oxygen atoms in total. The Hall–Kier alpha value is -2.98. The highest BCUT2D eigenvalue weighted by Gasteiger charge is 2.17. The largest absolute Gasteiger partial charge is 0.343 e. The van der Waals surface area contributed by atoms with Gasteiger partial charge < -0.3 is 9.84 Å². The van der Waals surface area contributed by atoms with Gasteiger partial charge in [-0.05, 0) is 35.7 Å². The molecule has 0 unspecified atom stereocenters. The van der Waals surface area contributed by atoms with Crippen LogP contribution in [-0.4, -0.2) is 37.3 Å². The molecule has 0 saturated heterocycles. The van der Waals surface area contributed by atoms with Crippen LogP contribution in [0.2, 0.25) is 0 Å². The lowest BCUT2D eigenvalue weighted by Crippen LogP contribution is -2.30. The zero-order chi connectivity index (χ0) is 20.1. The Morgan fingerprint density at radius 1 is 1.32 bits per heavy atom. The van der Waals surface area contributed by atoms with E-state index in [9.17, 15) is 13.2 Å². The summed E-state index contributed by atoms with van der Waals surface area (Å²) in [6.45, 7) is 3.80. The van der Waals surface area contributed by atoms with E-state index in [0.717, 1.165) is 11.1 Å². The second-order valence-electron chi connectivity index (χ2n) is 5.80. The van der Waals surface area contributed by atoms with E-state index in [1.807, 2.05) is 17.5 Å². The second-order valence-corrected chi connectivity index (χ2v) is 8.66. The summed E-state index contributed by atoms with van der Waals surface area (Å²) in [5, 5.41) is 8.49. The monoisotopic (exact) mass is 418 g/mol. The average molecular weight is 419 g/mol. The molecule has 28 heavy (non-hydrogen) atoms. The molecule has 0 aliphatic rings. The quantitative estimate of drug-likeness (QED) is 0.564. The summed E-state index contributed by atoms with van der Waals surface area (Å²) >= 11 is 1.49. The topological polar surface area (TPSA) is 105 Å². The third-order valence-electron chi connectivity index (χ3n) is 3.72. The summed E-state index contributed by atoms with van der Waals surface area (Å²) < 4.78 is 30.1. The van der Waals surface area contributed by atoms with Gasteiger partial charge >= 0.3 is 0 Å². The van der Waals surface area contributed by atoms with Crippen molar-refractivity contribution in [1.29, 1.82) is 0 Å². The number of carbonyl (C=O) groups is 1. The number of benzene rings is 1. The number of sulfonamides is 1. The molecule has 0 spiro atoms. The molecule has 0 saturated carbocycles. The van der Waals surface area contributed by atoms with Crippen molar-refractivity contribution in [1.82, 2.24) is 15.5 Å². The van der Waals surface area contributed by atoms with Gasteiger partial charge in [0, 0.05) is 5.56 Å². The number of nitrogens with one attached hydrogen (secondary N) is 1. The number of thiophene rings is 1. The van der Waals surface area contributed by atoms with Crippen LogP contribution in [0.4, 0.5) is 5.69 Å². The van der Waals surface area contributed by atoms with E-state index in [4.69, 9.17) is 4.52 Å². The van der Waals surface area contributed by atoms with Gasteiger partial charge in [-0.25, -0.2) is 8.42 Å². The zero-order valence-electron chi connectivity index (χ0n) is 15.0. The van der Waals surface area contributed by atoms with Crippen LogP contribution in [0.15, 0.2) is 59.0 Å². The van der Waals surface area contributed by atoms with Crippen LogP contribution in [0.25, 0.3) is 10.7 Å². The highest BCUT2D eigenvalue weighted by molar-refractivity contribution is 7.92. The molecule has 1 N–H and O–H groups in total. The Kier molecular flexibility index (Phi) is 5.90. The number of aromatic nitrogens is 2. The van der Waals surface area contributed by atoms with E-state index in [-0.39, 0.29) is 19.0 Å². The second kappa shape index (κ2) is 8.36. The Morgan fingerprint density at radius 3 is 2.68 bits per heavy atom. The highest BCUT2D eigenvalue weighted by Crippen LogP contribution is 2.21.